The van der Waals surface area contributed by atoms with Crippen LogP contribution in [0.3, 0.4) is 0 Å². The number of rotatable bonds is 6. The first-order valence-corrected chi connectivity index (χ1v) is 7.30. The van der Waals surface area contributed by atoms with Gasteiger partial charge < -0.3 is 4.74 Å². The van der Waals surface area contributed by atoms with Gasteiger partial charge in [-0.25, -0.2) is 0 Å². The minimum absolute atomic E-state index is 0.0423. The zero-order valence-corrected chi connectivity index (χ0v) is 12.7. The molecule has 0 fully saturated rings. The molecule has 0 aliphatic heterocycles. The van der Waals surface area contributed by atoms with Gasteiger partial charge in [0.1, 0.15) is 5.76 Å². The van der Waals surface area contributed by atoms with E-state index in [0.29, 0.717) is 0 Å². The highest BCUT2D eigenvalue weighted by atomic mass is 31.1. The molecule has 3 heteroatoms. The topological polar surface area (TPSA) is 26.3 Å². The van der Waals surface area contributed by atoms with Crippen molar-refractivity contribution in [3.05, 3.63) is 35.6 Å². The van der Waals surface area contributed by atoms with Crippen molar-refractivity contribution >= 4 is 8.46 Å². The SMILES string of the molecule is C=CCC1=C(OC(C)(CC)P=O)C(C)C=C(C)C1. The molecule has 0 saturated carbocycles. The maximum absolute atomic E-state index is 11.3. The van der Waals surface area contributed by atoms with Gasteiger partial charge in [-0.05, 0) is 38.7 Å². The Labute approximate surface area is 112 Å². The van der Waals surface area contributed by atoms with E-state index in [0.717, 1.165) is 25.0 Å². The van der Waals surface area contributed by atoms with E-state index < -0.39 is 5.34 Å². The summed E-state index contributed by atoms with van der Waals surface area (Å²) in [4.78, 5) is 0. The Morgan fingerprint density at radius 3 is 2.83 bits per heavy atom. The van der Waals surface area contributed by atoms with Crippen LogP contribution in [0.5, 0.6) is 0 Å². The van der Waals surface area contributed by atoms with Crippen LogP contribution in [0.15, 0.2) is 35.6 Å². The minimum atomic E-state index is -0.616. The molecular weight excluding hydrogens is 243 g/mol. The lowest BCUT2D eigenvalue weighted by Crippen LogP contribution is -2.24. The smallest absolute Gasteiger partial charge is 0.203 e. The van der Waals surface area contributed by atoms with E-state index in [1.54, 1.807) is 0 Å². The Kier molecular flexibility index (Phi) is 5.34. The maximum Gasteiger partial charge on any atom is 0.203 e. The fraction of sp³-hybridized carbons (Fsp3) is 0.600. The zero-order valence-electron chi connectivity index (χ0n) is 11.8. The van der Waals surface area contributed by atoms with Gasteiger partial charge in [-0.15, -0.1) is 6.58 Å². The molecule has 2 unspecified atom stereocenters. The summed E-state index contributed by atoms with van der Waals surface area (Å²) in [5.74, 6) is 1.23. The fourth-order valence-electron chi connectivity index (χ4n) is 2.21. The van der Waals surface area contributed by atoms with Gasteiger partial charge >= 0.3 is 0 Å². The zero-order chi connectivity index (χ0) is 13.8. The van der Waals surface area contributed by atoms with Crippen LogP contribution in [0.4, 0.5) is 0 Å². The summed E-state index contributed by atoms with van der Waals surface area (Å²) in [5.41, 5.74) is 2.63. The van der Waals surface area contributed by atoms with Crippen molar-refractivity contribution in [2.24, 2.45) is 5.92 Å². The lowest BCUT2D eigenvalue weighted by Gasteiger charge is -2.31. The normalized spacial score (nSPS) is 23.6. The molecule has 18 heavy (non-hydrogen) atoms. The third-order valence-electron chi connectivity index (χ3n) is 3.36. The van der Waals surface area contributed by atoms with Crippen molar-refractivity contribution < 1.29 is 9.30 Å². The first-order chi connectivity index (χ1) is 8.45. The Bertz CT molecular complexity index is 395. The Morgan fingerprint density at radius 2 is 2.33 bits per heavy atom. The van der Waals surface area contributed by atoms with Crippen molar-refractivity contribution in [3.63, 3.8) is 0 Å². The van der Waals surface area contributed by atoms with E-state index >= 15 is 0 Å². The molecule has 0 heterocycles. The van der Waals surface area contributed by atoms with Crippen LogP contribution in [0.25, 0.3) is 0 Å². The van der Waals surface area contributed by atoms with Crippen molar-refractivity contribution in [1.82, 2.24) is 0 Å². The quantitative estimate of drug-likeness (QED) is 0.485. The standard InChI is InChI=1S/C15H23O2P/c1-6-8-13-10-11(3)9-12(4)14(13)17-15(5,7-2)18-16/h6,9,12H,1,7-8,10H2,2-5H3. The minimum Gasteiger partial charge on any atom is -0.479 e. The Hall–Kier alpha value is -0.880. The molecule has 100 valence electrons. The summed E-state index contributed by atoms with van der Waals surface area (Å²) in [5, 5.41) is -0.616. The summed E-state index contributed by atoms with van der Waals surface area (Å²) >= 11 is 0. The number of ether oxygens (including phenoxy) is 1. The molecule has 0 N–H and O–H groups in total. The third kappa shape index (κ3) is 3.55. The molecule has 0 saturated heterocycles. The highest BCUT2D eigenvalue weighted by molar-refractivity contribution is 7.25. The van der Waals surface area contributed by atoms with E-state index in [4.69, 9.17) is 4.74 Å². The van der Waals surface area contributed by atoms with Crippen LogP contribution in [0.2, 0.25) is 0 Å². The monoisotopic (exact) mass is 266 g/mol. The molecule has 2 nitrogen and oxygen atoms in total. The predicted molar refractivity (Wildman–Crippen MR) is 76.8 cm³/mol. The van der Waals surface area contributed by atoms with E-state index in [1.807, 2.05) is 19.9 Å². The second-order valence-electron chi connectivity index (χ2n) is 5.16. The summed E-state index contributed by atoms with van der Waals surface area (Å²) < 4.78 is 17.3. The summed E-state index contributed by atoms with van der Waals surface area (Å²) in [6, 6.07) is 0. The van der Waals surface area contributed by atoms with Crippen LogP contribution in [-0.4, -0.2) is 5.34 Å². The van der Waals surface area contributed by atoms with Crippen LogP contribution < -0.4 is 0 Å². The van der Waals surface area contributed by atoms with Crippen LogP contribution in [0.1, 0.15) is 47.0 Å². The predicted octanol–water partition coefficient (Wildman–Crippen LogP) is 5.24. The average Bonchev–Trinajstić information content (AvgIpc) is 2.33. The Morgan fingerprint density at radius 1 is 1.67 bits per heavy atom. The van der Waals surface area contributed by atoms with Crippen molar-refractivity contribution in [1.29, 1.82) is 0 Å². The second kappa shape index (κ2) is 6.33. The van der Waals surface area contributed by atoms with Gasteiger partial charge in [0.25, 0.3) is 0 Å². The lowest BCUT2D eigenvalue weighted by atomic mass is 9.89. The van der Waals surface area contributed by atoms with Crippen LogP contribution in [-0.2, 0) is 9.30 Å². The largest absolute Gasteiger partial charge is 0.479 e. The molecule has 1 rings (SSSR count). The van der Waals surface area contributed by atoms with E-state index in [2.05, 4.69) is 26.5 Å². The number of allylic oxidation sites excluding steroid dienone is 4. The van der Waals surface area contributed by atoms with E-state index in [9.17, 15) is 4.57 Å². The van der Waals surface area contributed by atoms with Crippen LogP contribution >= 0.6 is 8.46 Å². The van der Waals surface area contributed by atoms with Crippen LogP contribution in [0, 0.1) is 5.92 Å². The van der Waals surface area contributed by atoms with Gasteiger partial charge in [0.2, 0.25) is 8.46 Å². The van der Waals surface area contributed by atoms with Crippen molar-refractivity contribution in [2.75, 3.05) is 0 Å². The molecule has 0 amide bonds. The molecule has 0 spiro atoms. The van der Waals surface area contributed by atoms with Gasteiger partial charge in [0.15, 0.2) is 5.34 Å². The molecule has 1 aliphatic carbocycles. The first-order valence-electron chi connectivity index (χ1n) is 6.49. The second-order valence-corrected chi connectivity index (χ2v) is 6.29. The molecule has 1 aliphatic rings. The molecule has 2 atom stereocenters. The highest BCUT2D eigenvalue weighted by Gasteiger charge is 2.30. The van der Waals surface area contributed by atoms with Crippen molar-refractivity contribution in [3.8, 4) is 0 Å². The van der Waals surface area contributed by atoms with Gasteiger partial charge in [0, 0.05) is 5.92 Å². The highest BCUT2D eigenvalue weighted by Crippen LogP contribution is 2.38. The van der Waals surface area contributed by atoms with E-state index in [-0.39, 0.29) is 14.4 Å². The number of hydrogen-bond acceptors (Lipinski definition) is 2. The summed E-state index contributed by atoms with van der Waals surface area (Å²) in [7, 11) is 0.0423. The molecular formula is C15H23O2P. The van der Waals surface area contributed by atoms with Gasteiger partial charge in [-0.2, -0.15) is 0 Å². The fourth-order valence-corrected chi connectivity index (χ4v) is 2.48. The van der Waals surface area contributed by atoms with Crippen molar-refractivity contribution in [2.45, 2.75) is 52.3 Å². The molecule has 0 aromatic heterocycles. The first kappa shape index (κ1) is 15.2. The lowest BCUT2D eigenvalue weighted by molar-refractivity contribution is 0.0735. The number of hydrogen-bond donors (Lipinski definition) is 0. The van der Waals surface area contributed by atoms with Gasteiger partial charge in [0.05, 0.1) is 0 Å². The molecule has 0 aromatic carbocycles. The summed E-state index contributed by atoms with van der Waals surface area (Å²) in [6.45, 7) is 11.9. The molecule has 0 aromatic rings. The molecule has 0 radical (unpaired) electrons. The van der Waals surface area contributed by atoms with Gasteiger partial charge in [-0.1, -0.05) is 31.6 Å². The average molecular weight is 266 g/mol. The van der Waals surface area contributed by atoms with Gasteiger partial charge in [-0.3, -0.25) is 4.57 Å². The van der Waals surface area contributed by atoms with E-state index in [1.165, 1.54) is 11.1 Å². The summed E-state index contributed by atoms with van der Waals surface area (Å²) in [6.07, 6.45) is 6.61. The Balaban J connectivity index is 3.03. The molecule has 0 bridgehead atoms. The third-order valence-corrected chi connectivity index (χ3v) is 4.15. The maximum atomic E-state index is 11.3.